The molecule has 1 rings (SSSR count). The minimum absolute atomic E-state index is 0.438. The number of carbonyl (C=O) groups is 1. The Labute approximate surface area is 144 Å². The van der Waals surface area contributed by atoms with E-state index in [2.05, 4.69) is 20.9 Å². The first kappa shape index (κ1) is 19.9. The third-order valence-electron chi connectivity index (χ3n) is 2.85. The molecule has 0 aromatic carbocycles. The van der Waals surface area contributed by atoms with Gasteiger partial charge in [-0.1, -0.05) is 0 Å². The molecule has 24 heavy (non-hydrogen) atoms. The van der Waals surface area contributed by atoms with Crippen molar-refractivity contribution in [3.05, 3.63) is 24.2 Å². The van der Waals surface area contributed by atoms with Gasteiger partial charge >= 0.3 is 6.09 Å². The van der Waals surface area contributed by atoms with Gasteiger partial charge < -0.3 is 25.1 Å². The van der Waals surface area contributed by atoms with Gasteiger partial charge in [0.2, 0.25) is 0 Å². The Balaban J connectivity index is 2.54. The van der Waals surface area contributed by atoms with Crippen LogP contribution in [0.2, 0.25) is 0 Å². The Morgan fingerprint density at radius 2 is 1.96 bits per heavy atom. The molecular formula is C17H30N4O3. The van der Waals surface area contributed by atoms with E-state index in [-0.39, 0.29) is 0 Å². The second-order valence-corrected chi connectivity index (χ2v) is 7.14. The maximum atomic E-state index is 11.9. The van der Waals surface area contributed by atoms with Crippen LogP contribution in [0.15, 0.2) is 27.8 Å². The number of amides is 1. The number of carbonyl (C=O) groups excluding carboxylic acids is 1. The van der Waals surface area contributed by atoms with E-state index in [1.807, 2.05) is 53.7 Å². The first-order valence-electron chi connectivity index (χ1n) is 8.17. The number of hydrogen-bond acceptors (Lipinski definition) is 4. The van der Waals surface area contributed by atoms with Gasteiger partial charge in [-0.15, -0.1) is 0 Å². The third-order valence-corrected chi connectivity index (χ3v) is 2.85. The molecule has 0 atom stereocenters. The van der Waals surface area contributed by atoms with Crippen LogP contribution in [-0.4, -0.2) is 36.3 Å². The lowest BCUT2D eigenvalue weighted by Crippen LogP contribution is -2.54. The molecule has 1 aromatic heterocycles. The fraction of sp³-hybridized carbons (Fsp3) is 0.647. The number of aliphatic imine (C=N–C) groups is 1. The SMILES string of the molecule is CCNC(=NCc1ccco1)NCC(C)(C)NC(=O)OC(C)(C)C. The highest BCUT2D eigenvalue weighted by Crippen LogP contribution is 2.09. The fourth-order valence-corrected chi connectivity index (χ4v) is 1.83. The molecule has 1 heterocycles. The molecule has 0 fully saturated rings. The number of nitrogens with zero attached hydrogens (tertiary/aromatic N) is 1. The van der Waals surface area contributed by atoms with E-state index in [9.17, 15) is 4.79 Å². The zero-order valence-corrected chi connectivity index (χ0v) is 15.5. The molecule has 0 aliphatic rings. The molecule has 0 aliphatic heterocycles. The molecule has 7 heteroatoms. The van der Waals surface area contributed by atoms with Crippen LogP contribution < -0.4 is 16.0 Å². The fourth-order valence-electron chi connectivity index (χ4n) is 1.83. The van der Waals surface area contributed by atoms with E-state index in [1.54, 1.807) is 6.26 Å². The average Bonchev–Trinajstić information content (AvgIpc) is 2.92. The second kappa shape index (κ2) is 8.61. The smallest absolute Gasteiger partial charge is 0.408 e. The number of ether oxygens (including phenoxy) is 1. The van der Waals surface area contributed by atoms with Crippen LogP contribution in [0.25, 0.3) is 0 Å². The normalized spacial score (nSPS) is 12.7. The topological polar surface area (TPSA) is 87.9 Å². The van der Waals surface area contributed by atoms with Crippen molar-refractivity contribution in [2.24, 2.45) is 4.99 Å². The summed E-state index contributed by atoms with van der Waals surface area (Å²) in [5.41, 5.74) is -1.02. The standard InChI is InChI=1S/C17H30N4O3/c1-7-18-14(19-11-13-9-8-10-23-13)20-12-17(5,6)21-15(22)24-16(2,3)4/h8-10H,7,11-12H2,1-6H3,(H,21,22)(H2,18,19,20). The summed E-state index contributed by atoms with van der Waals surface area (Å²) < 4.78 is 10.6. The van der Waals surface area contributed by atoms with Crippen LogP contribution in [0, 0.1) is 0 Å². The van der Waals surface area contributed by atoms with Gasteiger partial charge in [-0.05, 0) is 53.7 Å². The van der Waals surface area contributed by atoms with E-state index in [4.69, 9.17) is 9.15 Å². The zero-order chi connectivity index (χ0) is 18.2. The Morgan fingerprint density at radius 3 is 2.50 bits per heavy atom. The number of furan rings is 1. The summed E-state index contributed by atoms with van der Waals surface area (Å²) in [5.74, 6) is 1.45. The van der Waals surface area contributed by atoms with Gasteiger partial charge in [-0.3, -0.25) is 0 Å². The Bertz CT molecular complexity index is 531. The lowest BCUT2D eigenvalue weighted by atomic mass is 10.1. The quantitative estimate of drug-likeness (QED) is 0.548. The maximum absolute atomic E-state index is 11.9. The van der Waals surface area contributed by atoms with Gasteiger partial charge in [0, 0.05) is 13.1 Å². The third kappa shape index (κ3) is 8.45. The largest absolute Gasteiger partial charge is 0.467 e. The van der Waals surface area contributed by atoms with Gasteiger partial charge in [0.15, 0.2) is 5.96 Å². The van der Waals surface area contributed by atoms with Crippen LogP contribution in [-0.2, 0) is 11.3 Å². The lowest BCUT2D eigenvalue weighted by Gasteiger charge is -2.29. The van der Waals surface area contributed by atoms with Crippen LogP contribution >= 0.6 is 0 Å². The van der Waals surface area contributed by atoms with Gasteiger partial charge in [0.05, 0.1) is 11.8 Å². The highest BCUT2D eigenvalue weighted by molar-refractivity contribution is 5.80. The first-order valence-corrected chi connectivity index (χ1v) is 8.17. The number of rotatable bonds is 6. The molecule has 0 unspecified atom stereocenters. The van der Waals surface area contributed by atoms with Crippen molar-refractivity contribution < 1.29 is 13.9 Å². The molecule has 1 aromatic rings. The summed E-state index contributed by atoms with van der Waals surface area (Å²) in [4.78, 5) is 16.4. The first-order chi connectivity index (χ1) is 11.1. The second-order valence-electron chi connectivity index (χ2n) is 7.14. The Morgan fingerprint density at radius 1 is 1.25 bits per heavy atom. The van der Waals surface area contributed by atoms with Crippen LogP contribution in [0.4, 0.5) is 4.79 Å². The minimum atomic E-state index is -0.521. The average molecular weight is 338 g/mol. The predicted molar refractivity (Wildman–Crippen MR) is 95.0 cm³/mol. The highest BCUT2D eigenvalue weighted by Gasteiger charge is 2.24. The molecule has 3 N–H and O–H groups in total. The molecule has 0 aliphatic carbocycles. The van der Waals surface area contributed by atoms with Gasteiger partial charge in [-0.25, -0.2) is 9.79 Å². The number of alkyl carbamates (subject to hydrolysis) is 1. The summed E-state index contributed by atoms with van der Waals surface area (Å²) in [5, 5.41) is 9.24. The molecule has 1 amide bonds. The van der Waals surface area contributed by atoms with Crippen molar-refractivity contribution in [1.82, 2.24) is 16.0 Å². The lowest BCUT2D eigenvalue weighted by molar-refractivity contribution is 0.0474. The van der Waals surface area contributed by atoms with Crippen LogP contribution in [0.5, 0.6) is 0 Å². The molecule has 0 spiro atoms. The van der Waals surface area contributed by atoms with Crippen molar-refractivity contribution in [1.29, 1.82) is 0 Å². The summed E-state index contributed by atoms with van der Waals surface area (Å²) in [6.07, 6.45) is 1.19. The van der Waals surface area contributed by atoms with Gasteiger partial charge in [-0.2, -0.15) is 0 Å². The minimum Gasteiger partial charge on any atom is -0.467 e. The van der Waals surface area contributed by atoms with Crippen molar-refractivity contribution in [2.75, 3.05) is 13.1 Å². The van der Waals surface area contributed by atoms with E-state index in [0.29, 0.717) is 19.0 Å². The summed E-state index contributed by atoms with van der Waals surface area (Å²) >= 11 is 0. The van der Waals surface area contributed by atoms with Crippen molar-refractivity contribution in [3.8, 4) is 0 Å². The molecule has 0 bridgehead atoms. The summed E-state index contributed by atoms with van der Waals surface area (Å²) in [7, 11) is 0. The number of guanidine groups is 1. The van der Waals surface area contributed by atoms with E-state index in [1.165, 1.54) is 0 Å². The molecule has 7 nitrogen and oxygen atoms in total. The van der Waals surface area contributed by atoms with E-state index < -0.39 is 17.2 Å². The van der Waals surface area contributed by atoms with Crippen molar-refractivity contribution >= 4 is 12.1 Å². The highest BCUT2D eigenvalue weighted by atomic mass is 16.6. The molecule has 0 radical (unpaired) electrons. The van der Waals surface area contributed by atoms with E-state index >= 15 is 0 Å². The summed E-state index contributed by atoms with van der Waals surface area (Å²) in [6.45, 7) is 13.0. The summed E-state index contributed by atoms with van der Waals surface area (Å²) in [6, 6.07) is 3.71. The van der Waals surface area contributed by atoms with Crippen molar-refractivity contribution in [3.63, 3.8) is 0 Å². The number of hydrogen-bond donors (Lipinski definition) is 3. The predicted octanol–water partition coefficient (Wildman–Crippen LogP) is 2.64. The number of nitrogens with one attached hydrogen (secondary N) is 3. The van der Waals surface area contributed by atoms with E-state index in [0.717, 1.165) is 12.3 Å². The van der Waals surface area contributed by atoms with Gasteiger partial charge in [0.25, 0.3) is 0 Å². The maximum Gasteiger partial charge on any atom is 0.408 e. The van der Waals surface area contributed by atoms with Crippen molar-refractivity contribution in [2.45, 2.75) is 59.2 Å². The van der Waals surface area contributed by atoms with Crippen LogP contribution in [0.1, 0.15) is 47.3 Å². The van der Waals surface area contributed by atoms with Crippen LogP contribution in [0.3, 0.4) is 0 Å². The zero-order valence-electron chi connectivity index (χ0n) is 15.5. The molecule has 0 saturated carbocycles. The Hall–Kier alpha value is -2.18. The molecule has 136 valence electrons. The Kier molecular flexibility index (Phi) is 7.13. The molecule has 0 saturated heterocycles. The van der Waals surface area contributed by atoms with Gasteiger partial charge in [0.1, 0.15) is 17.9 Å². The molecular weight excluding hydrogens is 308 g/mol. The monoisotopic (exact) mass is 338 g/mol.